The van der Waals surface area contributed by atoms with E-state index >= 15 is 0 Å². The summed E-state index contributed by atoms with van der Waals surface area (Å²) in [6, 6.07) is 17.8. The van der Waals surface area contributed by atoms with Gasteiger partial charge >= 0.3 is 0 Å². The minimum absolute atomic E-state index is 0.0977. The van der Waals surface area contributed by atoms with Crippen molar-refractivity contribution in [1.29, 1.82) is 0 Å². The number of benzene rings is 2. The zero-order chi connectivity index (χ0) is 17.1. The number of carbonyl (C=O) groups excluding carboxylic acids is 1. The maximum Gasteiger partial charge on any atom is 0.252 e. The van der Waals surface area contributed by atoms with Crippen molar-refractivity contribution in [2.45, 2.75) is 13.1 Å². The van der Waals surface area contributed by atoms with Gasteiger partial charge in [-0.1, -0.05) is 36.4 Å². The van der Waals surface area contributed by atoms with Gasteiger partial charge in [-0.05, 0) is 23.8 Å². The number of amides is 1. The third-order valence-electron chi connectivity index (χ3n) is 4.24. The van der Waals surface area contributed by atoms with E-state index in [2.05, 4.69) is 27.4 Å². The molecule has 0 spiro atoms. The average molecular weight is 330 g/mol. The van der Waals surface area contributed by atoms with Crippen LogP contribution in [-0.2, 0) is 13.1 Å². The summed E-state index contributed by atoms with van der Waals surface area (Å²) < 4.78 is 2.05. The van der Waals surface area contributed by atoms with Crippen LogP contribution in [-0.4, -0.2) is 20.4 Å². The van der Waals surface area contributed by atoms with E-state index in [1.54, 1.807) is 6.20 Å². The smallest absolute Gasteiger partial charge is 0.252 e. The van der Waals surface area contributed by atoms with Gasteiger partial charge in [0.2, 0.25) is 0 Å². The highest BCUT2D eigenvalue weighted by Gasteiger charge is 2.11. The van der Waals surface area contributed by atoms with Gasteiger partial charge in [0.05, 0.1) is 6.54 Å². The normalized spacial score (nSPS) is 10.9. The molecule has 0 fully saturated rings. The van der Waals surface area contributed by atoms with Crippen molar-refractivity contribution in [1.82, 2.24) is 19.9 Å². The van der Waals surface area contributed by atoms with Crippen molar-refractivity contribution in [3.63, 3.8) is 0 Å². The Bertz CT molecular complexity index is 1000. The quantitative estimate of drug-likeness (QED) is 0.589. The number of hydrogen-bond acceptors (Lipinski definition) is 2. The number of H-pyrrole nitrogens is 1. The fraction of sp³-hybridized carbons (Fsp3) is 0.100. The summed E-state index contributed by atoms with van der Waals surface area (Å²) in [5.41, 5.74) is 2.82. The predicted molar refractivity (Wildman–Crippen MR) is 97.2 cm³/mol. The van der Waals surface area contributed by atoms with Crippen LogP contribution in [0.2, 0.25) is 0 Å². The standard InChI is InChI=1S/C20H18N4O/c25-20(17-7-4-8-18-16(17)9-10-21-18)23-13-19-22-11-12-24(19)14-15-5-2-1-3-6-15/h1-12,21H,13-14H2,(H,23,25). The van der Waals surface area contributed by atoms with Crippen molar-refractivity contribution in [3.05, 3.63) is 90.1 Å². The lowest BCUT2D eigenvalue weighted by Gasteiger charge is -2.10. The molecule has 2 N–H and O–H groups in total. The number of aromatic amines is 1. The number of nitrogens with one attached hydrogen (secondary N) is 2. The lowest BCUT2D eigenvalue weighted by Crippen LogP contribution is -2.25. The van der Waals surface area contributed by atoms with E-state index in [1.165, 1.54) is 5.56 Å². The van der Waals surface area contributed by atoms with Crippen molar-refractivity contribution in [3.8, 4) is 0 Å². The second-order valence-corrected chi connectivity index (χ2v) is 5.88. The van der Waals surface area contributed by atoms with Crippen LogP contribution in [0.4, 0.5) is 0 Å². The van der Waals surface area contributed by atoms with Crippen LogP contribution in [0.1, 0.15) is 21.7 Å². The Morgan fingerprint density at radius 3 is 2.84 bits per heavy atom. The summed E-state index contributed by atoms with van der Waals surface area (Å²) >= 11 is 0. The summed E-state index contributed by atoms with van der Waals surface area (Å²) in [7, 11) is 0. The predicted octanol–water partition coefficient (Wildman–Crippen LogP) is 3.34. The Balaban J connectivity index is 1.48. The second kappa shape index (κ2) is 6.65. The topological polar surface area (TPSA) is 62.7 Å². The van der Waals surface area contributed by atoms with Crippen LogP contribution in [0.5, 0.6) is 0 Å². The van der Waals surface area contributed by atoms with Crippen LogP contribution in [0.15, 0.2) is 73.2 Å². The van der Waals surface area contributed by atoms with Gasteiger partial charge in [-0.3, -0.25) is 4.79 Å². The molecule has 0 bridgehead atoms. The first-order chi connectivity index (χ1) is 12.3. The van der Waals surface area contributed by atoms with Gasteiger partial charge < -0.3 is 14.9 Å². The number of rotatable bonds is 5. The molecule has 2 heterocycles. The van der Waals surface area contributed by atoms with Gasteiger partial charge in [0.15, 0.2) is 0 Å². The summed E-state index contributed by atoms with van der Waals surface area (Å²) in [6.45, 7) is 1.12. The van der Waals surface area contributed by atoms with Crippen LogP contribution < -0.4 is 5.32 Å². The minimum Gasteiger partial charge on any atom is -0.361 e. The molecule has 0 radical (unpaired) electrons. The largest absolute Gasteiger partial charge is 0.361 e. The highest BCUT2D eigenvalue weighted by molar-refractivity contribution is 6.06. The van der Waals surface area contributed by atoms with E-state index < -0.39 is 0 Å². The lowest BCUT2D eigenvalue weighted by atomic mass is 10.1. The molecule has 4 aromatic rings. The van der Waals surface area contributed by atoms with Crippen LogP contribution in [0.3, 0.4) is 0 Å². The van der Waals surface area contributed by atoms with Crippen molar-refractivity contribution >= 4 is 16.8 Å². The Morgan fingerprint density at radius 1 is 1.08 bits per heavy atom. The maximum atomic E-state index is 12.6. The SMILES string of the molecule is O=C(NCc1nccn1Cc1ccccc1)c1cccc2[nH]ccc12. The minimum atomic E-state index is -0.0977. The van der Waals surface area contributed by atoms with E-state index in [0.717, 1.165) is 23.3 Å². The summed E-state index contributed by atoms with van der Waals surface area (Å²) in [6.07, 6.45) is 5.53. The first-order valence-corrected chi connectivity index (χ1v) is 8.19. The highest BCUT2D eigenvalue weighted by Crippen LogP contribution is 2.17. The molecule has 0 aliphatic heterocycles. The highest BCUT2D eigenvalue weighted by atomic mass is 16.1. The molecule has 0 saturated heterocycles. The van der Waals surface area contributed by atoms with Crippen molar-refractivity contribution < 1.29 is 4.79 Å². The molecule has 124 valence electrons. The number of carbonyl (C=O) groups is 1. The van der Waals surface area contributed by atoms with Crippen LogP contribution in [0, 0.1) is 0 Å². The third kappa shape index (κ3) is 3.17. The first kappa shape index (κ1) is 15.2. The molecule has 25 heavy (non-hydrogen) atoms. The van der Waals surface area contributed by atoms with Crippen LogP contribution in [0.25, 0.3) is 10.9 Å². The van der Waals surface area contributed by atoms with Crippen LogP contribution >= 0.6 is 0 Å². The molecule has 0 atom stereocenters. The number of aromatic nitrogens is 3. The van der Waals surface area contributed by atoms with Crippen molar-refractivity contribution in [2.24, 2.45) is 0 Å². The number of fused-ring (bicyclic) bond motifs is 1. The maximum absolute atomic E-state index is 12.6. The fourth-order valence-electron chi connectivity index (χ4n) is 2.97. The number of nitrogens with zero attached hydrogens (tertiary/aromatic N) is 2. The molecule has 2 aromatic heterocycles. The Hall–Kier alpha value is -3.34. The van der Waals surface area contributed by atoms with E-state index in [-0.39, 0.29) is 5.91 Å². The van der Waals surface area contributed by atoms with Gasteiger partial charge in [0.1, 0.15) is 5.82 Å². The summed E-state index contributed by atoms with van der Waals surface area (Å²) in [5, 5.41) is 3.90. The molecule has 0 saturated carbocycles. The van der Waals surface area contributed by atoms with Gasteiger partial charge in [-0.25, -0.2) is 4.98 Å². The summed E-state index contributed by atoms with van der Waals surface area (Å²) in [5.74, 6) is 0.734. The fourth-order valence-corrected chi connectivity index (χ4v) is 2.97. The number of imidazole rings is 1. The van der Waals surface area contributed by atoms with Gasteiger partial charge in [0.25, 0.3) is 5.91 Å². The van der Waals surface area contributed by atoms with Gasteiger partial charge in [-0.2, -0.15) is 0 Å². The second-order valence-electron chi connectivity index (χ2n) is 5.88. The van der Waals surface area contributed by atoms with Crippen molar-refractivity contribution in [2.75, 3.05) is 0 Å². The molecule has 5 nitrogen and oxygen atoms in total. The van der Waals surface area contributed by atoms with Gasteiger partial charge in [-0.15, -0.1) is 0 Å². The molecule has 5 heteroatoms. The lowest BCUT2D eigenvalue weighted by molar-refractivity contribution is 0.0951. The zero-order valence-electron chi connectivity index (χ0n) is 13.6. The molecular weight excluding hydrogens is 312 g/mol. The zero-order valence-corrected chi connectivity index (χ0v) is 13.6. The van der Waals surface area contributed by atoms with E-state index in [0.29, 0.717) is 12.1 Å². The monoisotopic (exact) mass is 330 g/mol. The Morgan fingerprint density at radius 2 is 1.96 bits per heavy atom. The molecule has 0 unspecified atom stereocenters. The molecule has 4 rings (SSSR count). The van der Waals surface area contributed by atoms with E-state index in [4.69, 9.17) is 0 Å². The molecular formula is C20H18N4O. The molecule has 0 aliphatic carbocycles. The Kier molecular flexibility index (Phi) is 4.04. The first-order valence-electron chi connectivity index (χ1n) is 8.19. The van der Waals surface area contributed by atoms with E-state index in [1.807, 2.05) is 59.4 Å². The summed E-state index contributed by atoms with van der Waals surface area (Å²) in [4.78, 5) is 20.1. The average Bonchev–Trinajstić information content (AvgIpc) is 3.29. The van der Waals surface area contributed by atoms with E-state index in [9.17, 15) is 4.79 Å². The molecule has 2 aromatic carbocycles. The Labute approximate surface area is 145 Å². The number of hydrogen-bond donors (Lipinski definition) is 2. The third-order valence-corrected chi connectivity index (χ3v) is 4.24. The molecule has 0 aliphatic rings. The molecule has 1 amide bonds. The van der Waals surface area contributed by atoms with Gasteiger partial charge in [0, 0.05) is 41.6 Å².